The van der Waals surface area contributed by atoms with Crippen LogP contribution in [0, 0.1) is 0 Å². The molecule has 0 unspecified atom stereocenters. The Kier molecular flexibility index (Phi) is 27.7. The lowest BCUT2D eigenvalue weighted by atomic mass is 13.7. The highest BCUT2D eigenvalue weighted by atomic mass is 32.4. The fourth-order valence-electron chi connectivity index (χ4n) is 0.700. The van der Waals surface area contributed by atoms with E-state index in [1.54, 1.807) is 12.5 Å². The summed E-state index contributed by atoms with van der Waals surface area (Å²) in [4.78, 5) is 0. The highest BCUT2D eigenvalue weighted by Gasteiger charge is 2.28. The van der Waals surface area contributed by atoms with Crippen molar-refractivity contribution in [2.45, 2.75) is 0 Å². The monoisotopic (exact) mass is 824 g/mol. The zero-order chi connectivity index (χ0) is 24.1. The van der Waals surface area contributed by atoms with Gasteiger partial charge in [-0.2, -0.15) is 0 Å². The summed E-state index contributed by atoms with van der Waals surface area (Å²) in [6, 6.07) is 0. The number of nitrogens with zero attached hydrogens (tertiary/aromatic N) is 10. The van der Waals surface area contributed by atoms with Gasteiger partial charge in [0, 0.05) is 0 Å². The van der Waals surface area contributed by atoms with Gasteiger partial charge in [-0.25, -0.2) is 0 Å². The summed E-state index contributed by atoms with van der Waals surface area (Å²) in [5.74, 6) is 0. The van der Waals surface area contributed by atoms with Gasteiger partial charge in [0.05, 0.1) is 109 Å². The molecule has 0 rings (SSSR count). The minimum Gasteiger partial charge on any atom is -0.127 e. The highest BCUT2D eigenvalue weighted by molar-refractivity contribution is 8.41. The van der Waals surface area contributed by atoms with Gasteiger partial charge in [-0.15, -0.1) is 18.7 Å². The SMILES string of the molecule is SN(S)SN(SN(S)S)SN(SN(SN(S)S)SN(S)S)SN(SN(S)S)SN(S)S. The molecule has 188 valence electrons. The first kappa shape index (κ1) is 37.9. The average molecular weight is 826 g/mol. The van der Waals surface area contributed by atoms with Crippen molar-refractivity contribution in [3.05, 3.63) is 0 Å². The standard InChI is InChI=1S/H12N10S21/c11-1(12)23-7(24-2(13)14)29-10(30-8(25-3(15)16)26-4(17)18)31-9(27-5(19)20)28-6(21)22/h11-22H. The van der Waals surface area contributed by atoms with E-state index in [1.165, 1.54) is 55.1 Å². The Balaban J connectivity index is 5.59. The lowest BCUT2D eigenvalue weighted by Crippen LogP contribution is -2.17. The van der Waals surface area contributed by atoms with Crippen LogP contribution in [0.4, 0.5) is 0 Å². The van der Waals surface area contributed by atoms with Gasteiger partial charge in [-0.05, 0) is 0 Å². The summed E-state index contributed by atoms with van der Waals surface area (Å²) in [5, 5.41) is 0. The fraction of sp³-hybridized carbons (Fsp3) is 0. The summed E-state index contributed by atoms with van der Waals surface area (Å²) >= 11 is 60.4. The molecule has 31 heteroatoms. The topological polar surface area (TPSA) is 32.4 Å². The van der Waals surface area contributed by atoms with Gasteiger partial charge in [-0.1, -0.05) is 166 Å². The molecular weight excluding hydrogens is 813 g/mol. The summed E-state index contributed by atoms with van der Waals surface area (Å²) in [5.41, 5.74) is 0. The first-order chi connectivity index (χ1) is 14.3. The molecule has 10 nitrogen and oxygen atoms in total. The molecule has 0 radical (unpaired) electrons. The molecule has 0 bridgehead atoms. The molecule has 0 fully saturated rings. The highest BCUT2D eigenvalue weighted by Crippen LogP contribution is 2.52. The lowest BCUT2D eigenvalue weighted by Gasteiger charge is -2.31. The Bertz CT molecular complexity index is 337. The first-order valence-electron chi connectivity index (χ1n) is 5.69. The average Bonchev–Trinajstić information content (AvgIpc) is 2.50. The van der Waals surface area contributed by atoms with Crippen LogP contribution in [0.5, 0.6) is 0 Å². The Morgan fingerprint density at radius 2 is 0.355 bits per heavy atom. The molecule has 0 aromatic rings. The van der Waals surface area contributed by atoms with Crippen molar-refractivity contribution in [2.75, 3.05) is 0 Å². The van der Waals surface area contributed by atoms with Crippen LogP contribution in [-0.4, -0.2) is 31.2 Å². The van der Waals surface area contributed by atoms with Crippen molar-refractivity contribution < 1.29 is 0 Å². The number of hydrogen-bond acceptors (Lipinski definition) is 31. The van der Waals surface area contributed by atoms with Crippen LogP contribution in [0.25, 0.3) is 0 Å². The van der Waals surface area contributed by atoms with Crippen molar-refractivity contribution in [1.29, 1.82) is 0 Å². The predicted octanol–water partition coefficient (Wildman–Crippen LogP) is 7.21. The van der Waals surface area contributed by atoms with Crippen molar-refractivity contribution in [3.63, 3.8) is 0 Å². The molecule has 0 N–H and O–H groups in total. The predicted molar refractivity (Wildman–Crippen MR) is 195 cm³/mol. The molecule has 0 aliphatic heterocycles. The maximum Gasteiger partial charge on any atom is 0.0586 e. The van der Waals surface area contributed by atoms with Gasteiger partial charge in [0.15, 0.2) is 0 Å². The third kappa shape index (κ3) is 24.5. The van der Waals surface area contributed by atoms with Crippen LogP contribution >= 0.6 is 263 Å². The van der Waals surface area contributed by atoms with E-state index >= 15 is 0 Å². The Labute approximate surface area is 289 Å². The quantitative estimate of drug-likeness (QED) is 0.0508. The molecular formula is H12N10S21. The Morgan fingerprint density at radius 3 is 0.484 bits per heavy atom. The van der Waals surface area contributed by atoms with Crippen molar-refractivity contribution in [3.8, 4) is 0 Å². The first-order valence-corrected chi connectivity index (χ1v) is 17.1. The summed E-state index contributed by atoms with van der Waals surface area (Å²) in [6.07, 6.45) is 0. The normalized spacial score (nSPS) is 13.4. The molecule has 0 aromatic heterocycles. The zero-order valence-electron chi connectivity index (χ0n) is 13.5. The van der Waals surface area contributed by atoms with Crippen molar-refractivity contribution >= 4 is 263 Å². The Morgan fingerprint density at radius 1 is 0.226 bits per heavy atom. The minimum atomic E-state index is 1.15. The third-order valence-electron chi connectivity index (χ3n) is 1.24. The van der Waals surface area contributed by atoms with Crippen molar-refractivity contribution in [2.24, 2.45) is 0 Å². The fourth-order valence-corrected chi connectivity index (χ4v) is 15.7. The van der Waals surface area contributed by atoms with Gasteiger partial charge in [0.1, 0.15) is 0 Å². The largest absolute Gasteiger partial charge is 0.127 e. The van der Waals surface area contributed by atoms with Crippen LogP contribution in [0.3, 0.4) is 0 Å². The molecule has 0 saturated carbocycles. The second-order valence-corrected chi connectivity index (χ2v) is 23.9. The van der Waals surface area contributed by atoms with E-state index in [0.717, 1.165) is 72.8 Å². The zero-order valence-corrected chi connectivity index (χ0v) is 31.6. The molecule has 0 aliphatic carbocycles. The van der Waals surface area contributed by atoms with Crippen molar-refractivity contribution in [1.82, 2.24) is 31.2 Å². The summed E-state index contributed by atoms with van der Waals surface area (Å²) in [6.45, 7) is 0. The second kappa shape index (κ2) is 22.6. The molecule has 0 atom stereocenters. The molecule has 0 aromatic carbocycles. The van der Waals surface area contributed by atoms with Crippen LogP contribution in [0.2, 0.25) is 0 Å². The van der Waals surface area contributed by atoms with E-state index in [1.807, 2.05) is 0 Å². The molecule has 0 heterocycles. The van der Waals surface area contributed by atoms with Crippen LogP contribution < -0.4 is 0 Å². The number of hydrogen-bond donors (Lipinski definition) is 12. The van der Waals surface area contributed by atoms with Crippen LogP contribution in [0.1, 0.15) is 0 Å². The van der Waals surface area contributed by atoms with E-state index in [0.29, 0.717) is 0 Å². The van der Waals surface area contributed by atoms with E-state index in [2.05, 4.69) is 154 Å². The van der Waals surface area contributed by atoms with E-state index < -0.39 is 0 Å². The summed E-state index contributed by atoms with van der Waals surface area (Å²) < 4.78 is 14.7. The van der Waals surface area contributed by atoms with Gasteiger partial charge in [0.2, 0.25) is 0 Å². The van der Waals surface area contributed by atoms with E-state index in [9.17, 15) is 0 Å². The number of thiol groups is 12. The minimum absolute atomic E-state index is 1.15. The molecule has 0 aliphatic rings. The maximum absolute atomic E-state index is 4.15. The molecule has 31 heavy (non-hydrogen) atoms. The van der Waals surface area contributed by atoms with Crippen LogP contribution in [0.15, 0.2) is 0 Å². The van der Waals surface area contributed by atoms with Crippen LogP contribution in [-0.2, 0) is 0 Å². The molecule has 0 saturated heterocycles. The third-order valence-corrected chi connectivity index (χ3v) is 11.1. The van der Waals surface area contributed by atoms with Gasteiger partial charge in [0.25, 0.3) is 0 Å². The van der Waals surface area contributed by atoms with E-state index in [4.69, 9.17) is 0 Å². The smallest absolute Gasteiger partial charge is 0.0586 e. The Hall–Kier alpha value is 6.95. The molecule has 0 spiro atoms. The second-order valence-electron chi connectivity index (χ2n) is 3.15. The van der Waals surface area contributed by atoms with E-state index in [-0.39, 0.29) is 0 Å². The van der Waals surface area contributed by atoms with Gasteiger partial charge < -0.3 is 0 Å². The van der Waals surface area contributed by atoms with Gasteiger partial charge in [-0.3, -0.25) is 0 Å². The molecule has 0 amide bonds. The number of rotatable bonds is 18. The summed E-state index contributed by atoms with van der Waals surface area (Å²) in [7, 11) is 0. The lowest BCUT2D eigenvalue weighted by molar-refractivity contribution is 1.04. The van der Waals surface area contributed by atoms with Gasteiger partial charge >= 0.3 is 0 Å². The maximum atomic E-state index is 4.15.